The first-order chi connectivity index (χ1) is 9.29. The van der Waals surface area contributed by atoms with Gasteiger partial charge in [-0.25, -0.2) is 0 Å². The van der Waals surface area contributed by atoms with Crippen LogP contribution in [0.2, 0.25) is 0 Å². The molecule has 0 fully saturated rings. The summed E-state index contributed by atoms with van der Waals surface area (Å²) in [6.07, 6.45) is 2.10. The van der Waals surface area contributed by atoms with Crippen LogP contribution < -0.4 is 4.74 Å². The maximum absolute atomic E-state index is 10.9. The van der Waals surface area contributed by atoms with E-state index < -0.39 is 0 Å². The summed E-state index contributed by atoms with van der Waals surface area (Å²) < 4.78 is 10.3. The fourth-order valence-corrected chi connectivity index (χ4v) is 1.92. The zero-order valence-corrected chi connectivity index (χ0v) is 11.1. The van der Waals surface area contributed by atoms with Crippen LogP contribution >= 0.6 is 0 Å². The minimum Gasteiger partial charge on any atom is -0.494 e. The van der Waals surface area contributed by atoms with Crippen molar-refractivity contribution >= 4 is 16.7 Å². The molecule has 0 saturated carbocycles. The summed E-state index contributed by atoms with van der Waals surface area (Å²) in [6.45, 7) is 0.620. The Labute approximate surface area is 113 Å². The molecular weight excluding hydrogens is 240 g/mol. The second-order valence-electron chi connectivity index (χ2n) is 4.39. The van der Waals surface area contributed by atoms with E-state index in [2.05, 4.69) is 22.9 Å². The van der Waals surface area contributed by atoms with Gasteiger partial charge in [0.05, 0.1) is 13.7 Å². The summed E-state index contributed by atoms with van der Waals surface area (Å²) in [6, 6.07) is 14.3. The van der Waals surface area contributed by atoms with Crippen molar-refractivity contribution in [3.63, 3.8) is 0 Å². The molecule has 3 nitrogen and oxygen atoms in total. The molecule has 0 saturated heterocycles. The van der Waals surface area contributed by atoms with Crippen LogP contribution in [-0.2, 0) is 9.53 Å². The summed E-state index contributed by atoms with van der Waals surface area (Å²) in [5.74, 6) is 0.711. The number of carbonyl (C=O) groups is 1. The molecule has 0 aliphatic heterocycles. The highest BCUT2D eigenvalue weighted by atomic mass is 16.5. The monoisotopic (exact) mass is 258 g/mol. The fraction of sp³-hybridized carbons (Fsp3) is 0.312. The Morgan fingerprint density at radius 1 is 1.05 bits per heavy atom. The molecule has 0 bridgehead atoms. The SMILES string of the molecule is COC(=O)CCCCOc1ccc2ccccc2c1. The Morgan fingerprint density at radius 3 is 2.63 bits per heavy atom. The number of fused-ring (bicyclic) bond motifs is 1. The van der Waals surface area contributed by atoms with Gasteiger partial charge in [-0.1, -0.05) is 30.3 Å². The molecule has 2 rings (SSSR count). The molecule has 0 radical (unpaired) electrons. The van der Waals surface area contributed by atoms with Gasteiger partial charge in [-0.15, -0.1) is 0 Å². The molecule has 2 aromatic carbocycles. The minimum atomic E-state index is -0.161. The van der Waals surface area contributed by atoms with Crippen LogP contribution in [0.4, 0.5) is 0 Å². The summed E-state index contributed by atoms with van der Waals surface area (Å²) in [5.41, 5.74) is 0. The van der Waals surface area contributed by atoms with Crippen molar-refractivity contribution in [3.8, 4) is 5.75 Å². The van der Waals surface area contributed by atoms with Gasteiger partial charge < -0.3 is 9.47 Å². The van der Waals surface area contributed by atoms with E-state index in [0.717, 1.165) is 18.6 Å². The molecule has 2 aromatic rings. The zero-order chi connectivity index (χ0) is 13.5. The normalized spacial score (nSPS) is 10.4. The molecular formula is C16H18O3. The van der Waals surface area contributed by atoms with Crippen molar-refractivity contribution in [1.82, 2.24) is 0 Å². The highest BCUT2D eigenvalue weighted by Gasteiger charge is 2.00. The van der Waals surface area contributed by atoms with Gasteiger partial charge in [-0.3, -0.25) is 4.79 Å². The van der Waals surface area contributed by atoms with Gasteiger partial charge >= 0.3 is 5.97 Å². The van der Waals surface area contributed by atoms with E-state index in [1.54, 1.807) is 0 Å². The second-order valence-corrected chi connectivity index (χ2v) is 4.39. The number of hydrogen-bond donors (Lipinski definition) is 0. The van der Waals surface area contributed by atoms with Crippen LogP contribution in [0, 0.1) is 0 Å². The standard InChI is InChI=1S/C16H18O3/c1-18-16(17)8-4-5-11-19-15-10-9-13-6-2-3-7-14(13)12-15/h2-3,6-7,9-10,12H,4-5,8,11H2,1H3. The highest BCUT2D eigenvalue weighted by molar-refractivity contribution is 5.83. The Bertz CT molecular complexity index is 548. The topological polar surface area (TPSA) is 35.5 Å². The third kappa shape index (κ3) is 3.98. The predicted octanol–water partition coefficient (Wildman–Crippen LogP) is 3.56. The highest BCUT2D eigenvalue weighted by Crippen LogP contribution is 2.20. The average molecular weight is 258 g/mol. The lowest BCUT2D eigenvalue weighted by molar-refractivity contribution is -0.140. The third-order valence-electron chi connectivity index (χ3n) is 2.99. The minimum absolute atomic E-state index is 0.161. The number of hydrogen-bond acceptors (Lipinski definition) is 3. The quantitative estimate of drug-likeness (QED) is 0.587. The largest absolute Gasteiger partial charge is 0.494 e. The molecule has 0 aliphatic carbocycles. The number of rotatable bonds is 6. The van der Waals surface area contributed by atoms with Crippen molar-refractivity contribution in [2.24, 2.45) is 0 Å². The summed E-state index contributed by atoms with van der Waals surface area (Å²) >= 11 is 0. The van der Waals surface area contributed by atoms with Crippen LogP contribution in [0.5, 0.6) is 5.75 Å². The lowest BCUT2D eigenvalue weighted by Gasteiger charge is -2.07. The maximum Gasteiger partial charge on any atom is 0.305 e. The van der Waals surface area contributed by atoms with E-state index in [-0.39, 0.29) is 5.97 Å². The predicted molar refractivity (Wildman–Crippen MR) is 75.3 cm³/mol. The Morgan fingerprint density at radius 2 is 1.84 bits per heavy atom. The first-order valence-corrected chi connectivity index (χ1v) is 6.48. The van der Waals surface area contributed by atoms with Gasteiger partial charge in [0.1, 0.15) is 5.75 Å². The molecule has 19 heavy (non-hydrogen) atoms. The van der Waals surface area contributed by atoms with Gasteiger partial charge in [0, 0.05) is 6.42 Å². The van der Waals surface area contributed by atoms with Gasteiger partial charge in [0.15, 0.2) is 0 Å². The van der Waals surface area contributed by atoms with Crippen LogP contribution in [0.15, 0.2) is 42.5 Å². The van der Waals surface area contributed by atoms with Crippen molar-refractivity contribution in [3.05, 3.63) is 42.5 Å². The number of esters is 1. The number of ether oxygens (including phenoxy) is 2. The number of unbranched alkanes of at least 4 members (excludes halogenated alkanes) is 1. The first kappa shape index (κ1) is 13.4. The van der Waals surface area contributed by atoms with Crippen molar-refractivity contribution in [2.75, 3.05) is 13.7 Å². The van der Waals surface area contributed by atoms with Gasteiger partial charge in [-0.2, -0.15) is 0 Å². The number of carbonyl (C=O) groups excluding carboxylic acids is 1. The Balaban J connectivity index is 1.80. The third-order valence-corrected chi connectivity index (χ3v) is 2.99. The molecule has 3 heteroatoms. The van der Waals surface area contributed by atoms with E-state index in [4.69, 9.17) is 4.74 Å². The molecule has 100 valence electrons. The van der Waals surface area contributed by atoms with Crippen LogP contribution in [0.3, 0.4) is 0 Å². The molecule has 0 atom stereocenters. The molecule has 0 spiro atoms. The van der Waals surface area contributed by atoms with Crippen molar-refractivity contribution in [1.29, 1.82) is 0 Å². The average Bonchev–Trinajstić information content (AvgIpc) is 2.46. The summed E-state index contributed by atoms with van der Waals surface area (Å²) in [5, 5.41) is 2.38. The van der Waals surface area contributed by atoms with E-state index >= 15 is 0 Å². The van der Waals surface area contributed by atoms with E-state index in [9.17, 15) is 4.79 Å². The lowest BCUT2D eigenvalue weighted by Crippen LogP contribution is -2.02. The van der Waals surface area contributed by atoms with Crippen LogP contribution in [0.1, 0.15) is 19.3 Å². The van der Waals surface area contributed by atoms with Crippen LogP contribution in [-0.4, -0.2) is 19.7 Å². The van der Waals surface area contributed by atoms with Gasteiger partial charge in [0.25, 0.3) is 0 Å². The van der Waals surface area contributed by atoms with Crippen molar-refractivity contribution < 1.29 is 14.3 Å². The van der Waals surface area contributed by atoms with Crippen molar-refractivity contribution in [2.45, 2.75) is 19.3 Å². The fourth-order valence-electron chi connectivity index (χ4n) is 1.92. The molecule has 0 aromatic heterocycles. The van der Waals surface area contributed by atoms with E-state index in [1.807, 2.05) is 24.3 Å². The van der Waals surface area contributed by atoms with E-state index in [0.29, 0.717) is 13.0 Å². The summed E-state index contributed by atoms with van der Waals surface area (Å²) in [4.78, 5) is 10.9. The Kier molecular flexibility index (Phi) is 4.78. The second kappa shape index (κ2) is 6.78. The van der Waals surface area contributed by atoms with E-state index in [1.165, 1.54) is 17.9 Å². The van der Waals surface area contributed by atoms with Gasteiger partial charge in [0.2, 0.25) is 0 Å². The smallest absolute Gasteiger partial charge is 0.305 e. The maximum atomic E-state index is 10.9. The molecule has 0 aliphatic rings. The first-order valence-electron chi connectivity index (χ1n) is 6.48. The lowest BCUT2D eigenvalue weighted by atomic mass is 10.1. The molecule has 0 amide bonds. The zero-order valence-electron chi connectivity index (χ0n) is 11.1. The number of benzene rings is 2. The molecule has 0 heterocycles. The summed E-state index contributed by atoms with van der Waals surface area (Å²) in [7, 11) is 1.41. The van der Waals surface area contributed by atoms with Gasteiger partial charge in [-0.05, 0) is 35.7 Å². The molecule has 0 N–H and O–H groups in total. The van der Waals surface area contributed by atoms with Crippen LogP contribution in [0.25, 0.3) is 10.8 Å². The number of methoxy groups -OCH3 is 1. The Hall–Kier alpha value is -2.03. The molecule has 0 unspecified atom stereocenters.